The summed E-state index contributed by atoms with van der Waals surface area (Å²) in [5.41, 5.74) is 0. The van der Waals surface area contributed by atoms with Crippen LogP contribution in [-0.4, -0.2) is 60.1 Å². The van der Waals surface area contributed by atoms with Gasteiger partial charge in [0.25, 0.3) is 0 Å². The number of rotatable bonds is 7. The third kappa shape index (κ3) is 5.91. The summed E-state index contributed by atoms with van der Waals surface area (Å²) in [6, 6.07) is -0.0211. The Morgan fingerprint density at radius 2 is 1.79 bits per heavy atom. The molecule has 0 aromatic rings. The van der Waals surface area contributed by atoms with Crippen molar-refractivity contribution in [3.63, 3.8) is 0 Å². The predicted molar refractivity (Wildman–Crippen MR) is 78.1 cm³/mol. The van der Waals surface area contributed by atoms with Gasteiger partial charge in [0.2, 0.25) is 5.91 Å². The van der Waals surface area contributed by atoms with Crippen LogP contribution in [0.5, 0.6) is 0 Å². The van der Waals surface area contributed by atoms with Crippen LogP contribution in [0, 0.1) is 0 Å². The molecule has 0 radical (unpaired) electrons. The summed E-state index contributed by atoms with van der Waals surface area (Å²) in [6.07, 6.45) is 7.77. The number of hydrogen-bond donors (Lipinski definition) is 1. The van der Waals surface area contributed by atoms with Crippen LogP contribution < -0.4 is 0 Å². The molecule has 1 aliphatic rings. The van der Waals surface area contributed by atoms with Crippen molar-refractivity contribution >= 4 is 5.91 Å². The number of carbonyl (C=O) groups is 1. The predicted octanol–water partition coefficient (Wildman–Crippen LogP) is 1.87. The zero-order valence-corrected chi connectivity index (χ0v) is 12.6. The summed E-state index contributed by atoms with van der Waals surface area (Å²) in [6.45, 7) is 5.08. The average molecular weight is 270 g/mol. The number of unbranched alkanes of at least 4 members (excludes halogenated alkanes) is 2. The Bertz CT molecular complexity index is 251. The lowest BCUT2D eigenvalue weighted by Crippen LogP contribution is -2.46. The highest BCUT2D eigenvalue weighted by atomic mass is 16.2. The van der Waals surface area contributed by atoms with Gasteiger partial charge in [-0.3, -0.25) is 9.69 Å². The van der Waals surface area contributed by atoms with E-state index in [0.29, 0.717) is 0 Å². The number of aliphatic hydroxyl groups is 1. The first kappa shape index (κ1) is 16.4. The number of likely N-dealkylation sites (N-methyl/N-ethyl adjacent to an activating group) is 1. The van der Waals surface area contributed by atoms with E-state index in [-0.39, 0.29) is 18.6 Å². The molecule has 1 saturated heterocycles. The van der Waals surface area contributed by atoms with Gasteiger partial charge in [-0.05, 0) is 52.6 Å². The van der Waals surface area contributed by atoms with Crippen molar-refractivity contribution in [3.8, 4) is 0 Å². The van der Waals surface area contributed by atoms with E-state index in [1.54, 1.807) is 0 Å². The summed E-state index contributed by atoms with van der Waals surface area (Å²) in [5.74, 6) is 0.284. The molecule has 0 aliphatic carbocycles. The molecule has 112 valence electrons. The van der Waals surface area contributed by atoms with Gasteiger partial charge in [-0.25, -0.2) is 0 Å². The molecule has 1 N–H and O–H groups in total. The molecule has 0 spiro atoms. The van der Waals surface area contributed by atoms with Crippen LogP contribution in [0.15, 0.2) is 0 Å². The van der Waals surface area contributed by atoms with E-state index in [2.05, 4.69) is 4.90 Å². The fourth-order valence-electron chi connectivity index (χ4n) is 2.59. The molecule has 0 bridgehead atoms. The molecule has 1 amide bonds. The molecule has 1 rings (SSSR count). The van der Waals surface area contributed by atoms with E-state index in [9.17, 15) is 4.79 Å². The topological polar surface area (TPSA) is 43.8 Å². The van der Waals surface area contributed by atoms with Crippen molar-refractivity contribution in [2.24, 2.45) is 0 Å². The van der Waals surface area contributed by atoms with E-state index in [4.69, 9.17) is 5.11 Å². The normalized spacial score (nSPS) is 18.4. The number of carbonyl (C=O) groups excluding carboxylic acids is 1. The monoisotopic (exact) mass is 270 g/mol. The molecule has 4 nitrogen and oxygen atoms in total. The van der Waals surface area contributed by atoms with Crippen molar-refractivity contribution in [2.45, 2.75) is 57.9 Å². The molecule has 1 aliphatic heterocycles. The van der Waals surface area contributed by atoms with Crippen molar-refractivity contribution in [3.05, 3.63) is 0 Å². The minimum absolute atomic E-state index is 0.0211. The number of aliphatic hydroxyl groups excluding tert-OH is 1. The minimum atomic E-state index is -0.0211. The Balaban J connectivity index is 2.32. The summed E-state index contributed by atoms with van der Waals surface area (Å²) in [4.78, 5) is 16.6. The van der Waals surface area contributed by atoms with Gasteiger partial charge in [0.1, 0.15) is 0 Å². The Kier molecular flexibility index (Phi) is 8.07. The first-order chi connectivity index (χ1) is 9.16. The summed E-state index contributed by atoms with van der Waals surface area (Å²) in [7, 11) is 2.03. The number of nitrogens with zero attached hydrogens (tertiary/aromatic N) is 2. The molecular weight excluding hydrogens is 240 g/mol. The van der Waals surface area contributed by atoms with Gasteiger partial charge in [-0.1, -0.05) is 12.8 Å². The standard InChI is InChI=1S/C15H30N2O2/c1-14(16(2)10-6-5-9-13-18)15(19)17-11-7-3-4-8-12-17/h14,18H,3-13H2,1-2H3. The molecule has 0 aromatic carbocycles. The van der Waals surface area contributed by atoms with Gasteiger partial charge >= 0.3 is 0 Å². The fourth-order valence-corrected chi connectivity index (χ4v) is 2.59. The molecular formula is C15H30N2O2. The SMILES string of the molecule is CC(C(=O)N1CCCCCC1)N(C)CCCCCO. The van der Waals surface area contributed by atoms with E-state index >= 15 is 0 Å². The molecule has 19 heavy (non-hydrogen) atoms. The second-order valence-corrected chi connectivity index (χ2v) is 5.68. The highest BCUT2D eigenvalue weighted by Gasteiger charge is 2.23. The van der Waals surface area contributed by atoms with Gasteiger partial charge in [0, 0.05) is 19.7 Å². The van der Waals surface area contributed by atoms with Gasteiger partial charge in [0.05, 0.1) is 6.04 Å². The average Bonchev–Trinajstić information content (AvgIpc) is 2.70. The Morgan fingerprint density at radius 3 is 2.37 bits per heavy atom. The van der Waals surface area contributed by atoms with E-state index in [1.807, 2.05) is 18.9 Å². The molecule has 4 heteroatoms. The van der Waals surface area contributed by atoms with Crippen molar-refractivity contribution < 1.29 is 9.90 Å². The Hall–Kier alpha value is -0.610. The zero-order valence-electron chi connectivity index (χ0n) is 12.6. The lowest BCUT2D eigenvalue weighted by molar-refractivity contribution is -0.135. The number of hydrogen-bond acceptors (Lipinski definition) is 3. The lowest BCUT2D eigenvalue weighted by Gasteiger charge is -2.29. The minimum Gasteiger partial charge on any atom is -0.396 e. The van der Waals surface area contributed by atoms with Crippen LogP contribution in [0.1, 0.15) is 51.9 Å². The molecule has 1 heterocycles. The molecule has 0 saturated carbocycles. The highest BCUT2D eigenvalue weighted by Crippen LogP contribution is 2.12. The molecule has 1 unspecified atom stereocenters. The van der Waals surface area contributed by atoms with Crippen LogP contribution in [0.25, 0.3) is 0 Å². The highest BCUT2D eigenvalue weighted by molar-refractivity contribution is 5.81. The summed E-state index contributed by atoms with van der Waals surface area (Å²) < 4.78 is 0. The first-order valence-electron chi connectivity index (χ1n) is 7.76. The second kappa shape index (κ2) is 9.32. The summed E-state index contributed by atoms with van der Waals surface area (Å²) >= 11 is 0. The second-order valence-electron chi connectivity index (χ2n) is 5.68. The Morgan fingerprint density at radius 1 is 1.16 bits per heavy atom. The zero-order chi connectivity index (χ0) is 14.1. The first-order valence-corrected chi connectivity index (χ1v) is 7.76. The molecule has 0 aromatic heterocycles. The lowest BCUT2D eigenvalue weighted by atomic mass is 10.2. The van der Waals surface area contributed by atoms with Crippen LogP contribution >= 0.6 is 0 Å². The molecule has 1 fully saturated rings. The number of amides is 1. The van der Waals surface area contributed by atoms with Crippen LogP contribution in [-0.2, 0) is 4.79 Å². The third-order valence-electron chi connectivity index (χ3n) is 4.11. The van der Waals surface area contributed by atoms with Crippen LogP contribution in [0.2, 0.25) is 0 Å². The number of likely N-dealkylation sites (tertiary alicyclic amines) is 1. The Labute approximate surface area is 117 Å². The van der Waals surface area contributed by atoms with Crippen LogP contribution in [0.3, 0.4) is 0 Å². The van der Waals surface area contributed by atoms with E-state index in [1.165, 1.54) is 12.8 Å². The van der Waals surface area contributed by atoms with Gasteiger partial charge < -0.3 is 10.0 Å². The van der Waals surface area contributed by atoms with Gasteiger partial charge in [0.15, 0.2) is 0 Å². The van der Waals surface area contributed by atoms with Crippen molar-refractivity contribution in [1.29, 1.82) is 0 Å². The largest absolute Gasteiger partial charge is 0.396 e. The van der Waals surface area contributed by atoms with Crippen molar-refractivity contribution in [2.75, 3.05) is 33.3 Å². The van der Waals surface area contributed by atoms with Gasteiger partial charge in [-0.15, -0.1) is 0 Å². The fraction of sp³-hybridized carbons (Fsp3) is 0.933. The summed E-state index contributed by atoms with van der Waals surface area (Å²) in [5, 5.41) is 8.75. The quantitative estimate of drug-likeness (QED) is 0.718. The maximum absolute atomic E-state index is 12.4. The van der Waals surface area contributed by atoms with E-state index < -0.39 is 0 Å². The van der Waals surface area contributed by atoms with E-state index in [0.717, 1.165) is 51.7 Å². The van der Waals surface area contributed by atoms with Gasteiger partial charge in [-0.2, -0.15) is 0 Å². The molecule has 1 atom stereocenters. The third-order valence-corrected chi connectivity index (χ3v) is 4.11. The van der Waals surface area contributed by atoms with Crippen LogP contribution in [0.4, 0.5) is 0 Å². The maximum atomic E-state index is 12.4. The maximum Gasteiger partial charge on any atom is 0.239 e. The smallest absolute Gasteiger partial charge is 0.239 e. The van der Waals surface area contributed by atoms with Crippen molar-refractivity contribution in [1.82, 2.24) is 9.80 Å².